The normalized spacial score (nSPS) is 15.4. The van der Waals surface area contributed by atoms with Gasteiger partial charge < -0.3 is 15.2 Å². The fraction of sp³-hybridized carbons (Fsp3) is 0.300. The van der Waals surface area contributed by atoms with Crippen LogP contribution in [0.4, 0.5) is 5.69 Å². The Labute approximate surface area is 147 Å². The van der Waals surface area contributed by atoms with Crippen LogP contribution in [0.15, 0.2) is 48.5 Å². The van der Waals surface area contributed by atoms with Crippen molar-refractivity contribution in [1.82, 2.24) is 14.9 Å². The molecule has 0 atom stereocenters. The summed E-state index contributed by atoms with van der Waals surface area (Å²) in [5, 5.41) is 6.32. The molecule has 0 spiro atoms. The predicted molar refractivity (Wildman–Crippen MR) is 100 cm³/mol. The van der Waals surface area contributed by atoms with Crippen molar-refractivity contribution in [3.05, 3.63) is 48.5 Å². The standard InChI is InChI=1S/C20H22N4O/c1-24-18-5-3-2-4-17(18)23-19(24)14-6-8-16(9-7-14)22-20(25)15-10-12-21-13-11-15/h2-9,15,21H,10-13H2,1H3,(H,22,25). The van der Waals surface area contributed by atoms with Gasteiger partial charge in [-0.1, -0.05) is 12.1 Å². The summed E-state index contributed by atoms with van der Waals surface area (Å²) < 4.78 is 2.10. The first-order valence-corrected chi connectivity index (χ1v) is 8.76. The Bertz CT molecular complexity index is 892. The van der Waals surface area contributed by atoms with Crippen LogP contribution in [0.5, 0.6) is 0 Å². The van der Waals surface area contributed by atoms with Crippen LogP contribution in [0.1, 0.15) is 12.8 Å². The van der Waals surface area contributed by atoms with E-state index < -0.39 is 0 Å². The number of amides is 1. The monoisotopic (exact) mass is 334 g/mol. The zero-order valence-electron chi connectivity index (χ0n) is 14.3. The lowest BCUT2D eigenvalue weighted by molar-refractivity contribution is -0.120. The first kappa shape index (κ1) is 15.8. The van der Waals surface area contributed by atoms with Gasteiger partial charge in [0.15, 0.2) is 0 Å². The molecule has 4 rings (SSSR count). The predicted octanol–water partition coefficient (Wildman–Crippen LogP) is 3.18. The molecule has 1 aliphatic heterocycles. The average Bonchev–Trinajstić information content (AvgIpc) is 3.00. The molecular formula is C20H22N4O. The molecule has 2 N–H and O–H groups in total. The highest BCUT2D eigenvalue weighted by molar-refractivity contribution is 5.93. The zero-order valence-corrected chi connectivity index (χ0v) is 14.3. The van der Waals surface area contributed by atoms with Gasteiger partial charge in [-0.3, -0.25) is 4.79 Å². The number of hydrogen-bond donors (Lipinski definition) is 2. The van der Waals surface area contributed by atoms with Crippen LogP contribution in [0.25, 0.3) is 22.4 Å². The SMILES string of the molecule is Cn1c(-c2ccc(NC(=O)C3CCNCC3)cc2)nc2ccccc21. The summed E-state index contributed by atoms with van der Waals surface area (Å²) in [6.45, 7) is 1.84. The van der Waals surface area contributed by atoms with Gasteiger partial charge in [-0.25, -0.2) is 4.98 Å². The van der Waals surface area contributed by atoms with Crippen LogP contribution in [0.3, 0.4) is 0 Å². The van der Waals surface area contributed by atoms with E-state index in [2.05, 4.69) is 21.3 Å². The second kappa shape index (κ2) is 6.69. The molecule has 128 valence electrons. The molecule has 0 bridgehead atoms. The number of hydrogen-bond acceptors (Lipinski definition) is 3. The largest absolute Gasteiger partial charge is 0.327 e. The van der Waals surface area contributed by atoms with Crippen molar-refractivity contribution >= 4 is 22.6 Å². The van der Waals surface area contributed by atoms with Crippen LogP contribution in [0, 0.1) is 5.92 Å². The minimum atomic E-state index is 0.112. The van der Waals surface area contributed by atoms with Crippen molar-refractivity contribution in [2.75, 3.05) is 18.4 Å². The third-order valence-corrected chi connectivity index (χ3v) is 4.91. The maximum absolute atomic E-state index is 12.3. The number of nitrogens with one attached hydrogen (secondary N) is 2. The molecule has 1 fully saturated rings. The molecule has 2 aromatic carbocycles. The average molecular weight is 334 g/mol. The molecule has 1 amide bonds. The van der Waals surface area contributed by atoms with Gasteiger partial charge in [0, 0.05) is 24.2 Å². The number of benzene rings is 2. The highest BCUT2D eigenvalue weighted by Gasteiger charge is 2.20. The Morgan fingerprint density at radius 2 is 1.84 bits per heavy atom. The molecule has 0 unspecified atom stereocenters. The van der Waals surface area contributed by atoms with E-state index in [1.165, 1.54) is 0 Å². The smallest absolute Gasteiger partial charge is 0.227 e. The summed E-state index contributed by atoms with van der Waals surface area (Å²) in [6.07, 6.45) is 1.81. The van der Waals surface area contributed by atoms with E-state index in [0.717, 1.165) is 54.0 Å². The van der Waals surface area contributed by atoms with E-state index in [1.54, 1.807) is 0 Å². The van der Waals surface area contributed by atoms with Gasteiger partial charge in [-0.15, -0.1) is 0 Å². The molecule has 25 heavy (non-hydrogen) atoms. The first-order chi connectivity index (χ1) is 12.2. The number of aryl methyl sites for hydroxylation is 1. The number of imidazole rings is 1. The molecule has 0 radical (unpaired) electrons. The van der Waals surface area contributed by atoms with Crippen molar-refractivity contribution in [3.63, 3.8) is 0 Å². The van der Waals surface area contributed by atoms with Gasteiger partial charge in [-0.2, -0.15) is 0 Å². The number of piperidine rings is 1. The van der Waals surface area contributed by atoms with Crippen molar-refractivity contribution < 1.29 is 4.79 Å². The van der Waals surface area contributed by atoms with Crippen LogP contribution in [-0.4, -0.2) is 28.5 Å². The lowest BCUT2D eigenvalue weighted by Gasteiger charge is -2.21. The number of fused-ring (bicyclic) bond motifs is 1. The first-order valence-electron chi connectivity index (χ1n) is 8.76. The number of para-hydroxylation sites is 2. The molecule has 5 heteroatoms. The summed E-state index contributed by atoms with van der Waals surface area (Å²) in [5.74, 6) is 1.16. The summed E-state index contributed by atoms with van der Waals surface area (Å²) in [7, 11) is 2.03. The highest BCUT2D eigenvalue weighted by Crippen LogP contribution is 2.25. The number of carbonyl (C=O) groups is 1. The Hall–Kier alpha value is -2.66. The second-order valence-electron chi connectivity index (χ2n) is 6.57. The lowest BCUT2D eigenvalue weighted by Crippen LogP contribution is -2.34. The Balaban J connectivity index is 1.53. The third-order valence-electron chi connectivity index (χ3n) is 4.91. The van der Waals surface area contributed by atoms with E-state index in [4.69, 9.17) is 4.98 Å². The number of anilines is 1. The van der Waals surface area contributed by atoms with Crippen molar-refractivity contribution in [3.8, 4) is 11.4 Å². The third kappa shape index (κ3) is 3.15. The number of nitrogens with zero attached hydrogens (tertiary/aromatic N) is 2. The van der Waals surface area contributed by atoms with Gasteiger partial charge in [0.05, 0.1) is 11.0 Å². The summed E-state index contributed by atoms with van der Waals surface area (Å²) in [4.78, 5) is 17.1. The maximum atomic E-state index is 12.3. The number of aromatic nitrogens is 2. The minimum Gasteiger partial charge on any atom is -0.327 e. The Morgan fingerprint density at radius 3 is 2.56 bits per heavy atom. The van der Waals surface area contributed by atoms with Crippen LogP contribution in [0.2, 0.25) is 0 Å². The summed E-state index contributed by atoms with van der Waals surface area (Å²) in [5.41, 5.74) is 3.98. The van der Waals surface area contributed by atoms with E-state index in [9.17, 15) is 4.79 Å². The van der Waals surface area contributed by atoms with E-state index in [0.29, 0.717) is 0 Å². The quantitative estimate of drug-likeness (QED) is 0.773. The van der Waals surface area contributed by atoms with E-state index >= 15 is 0 Å². The molecular weight excluding hydrogens is 312 g/mol. The molecule has 0 saturated carbocycles. The Morgan fingerprint density at radius 1 is 1.12 bits per heavy atom. The molecule has 3 aromatic rings. The van der Waals surface area contributed by atoms with E-state index in [1.807, 2.05) is 49.5 Å². The fourth-order valence-corrected chi connectivity index (χ4v) is 3.43. The molecule has 0 aliphatic carbocycles. The van der Waals surface area contributed by atoms with Gasteiger partial charge in [0.1, 0.15) is 5.82 Å². The van der Waals surface area contributed by atoms with Crippen molar-refractivity contribution in [2.24, 2.45) is 13.0 Å². The molecule has 1 aliphatic rings. The summed E-state index contributed by atoms with van der Waals surface area (Å²) >= 11 is 0. The number of carbonyl (C=O) groups excluding carboxylic acids is 1. The second-order valence-corrected chi connectivity index (χ2v) is 6.57. The molecule has 5 nitrogen and oxygen atoms in total. The van der Waals surface area contributed by atoms with Gasteiger partial charge in [-0.05, 0) is 62.3 Å². The van der Waals surface area contributed by atoms with E-state index in [-0.39, 0.29) is 11.8 Å². The minimum absolute atomic E-state index is 0.112. The Kier molecular flexibility index (Phi) is 4.24. The zero-order chi connectivity index (χ0) is 17.2. The molecule has 2 heterocycles. The maximum Gasteiger partial charge on any atom is 0.227 e. The highest BCUT2D eigenvalue weighted by atomic mass is 16.1. The van der Waals surface area contributed by atoms with Crippen LogP contribution < -0.4 is 10.6 Å². The van der Waals surface area contributed by atoms with Gasteiger partial charge >= 0.3 is 0 Å². The van der Waals surface area contributed by atoms with Crippen molar-refractivity contribution in [1.29, 1.82) is 0 Å². The molecule has 1 saturated heterocycles. The lowest BCUT2D eigenvalue weighted by atomic mass is 9.97. The topological polar surface area (TPSA) is 59.0 Å². The van der Waals surface area contributed by atoms with Gasteiger partial charge in [0.25, 0.3) is 0 Å². The fourth-order valence-electron chi connectivity index (χ4n) is 3.43. The van der Waals surface area contributed by atoms with Crippen LogP contribution in [-0.2, 0) is 11.8 Å². The number of rotatable bonds is 3. The summed E-state index contributed by atoms with van der Waals surface area (Å²) in [6, 6.07) is 16.0. The van der Waals surface area contributed by atoms with Crippen LogP contribution >= 0.6 is 0 Å². The molecule has 1 aromatic heterocycles. The van der Waals surface area contributed by atoms with Crippen molar-refractivity contribution in [2.45, 2.75) is 12.8 Å². The van der Waals surface area contributed by atoms with Gasteiger partial charge in [0.2, 0.25) is 5.91 Å².